The zero-order valence-electron chi connectivity index (χ0n) is 22.9. The van der Waals surface area contributed by atoms with Crippen molar-refractivity contribution < 1.29 is 33.3 Å². The highest BCUT2D eigenvalue weighted by Crippen LogP contribution is 2.29. The molecule has 1 atom stereocenters. The molecule has 2 aliphatic rings. The van der Waals surface area contributed by atoms with E-state index in [0.717, 1.165) is 43.7 Å². The second-order valence-electron chi connectivity index (χ2n) is 10.5. The Bertz CT molecular complexity index is 1130. The van der Waals surface area contributed by atoms with E-state index in [2.05, 4.69) is 26.1 Å². The number of ether oxygens (including phenoxy) is 1. The van der Waals surface area contributed by atoms with E-state index < -0.39 is 24.2 Å². The standard InChI is InChI=1S/C23H27F2N5O4.C4H11NO/c24-22(25)34-19-8-6-16(14-27-19)18(13-20(31)32)30-12-11-29(23(30)33)10-2-4-17-7-5-15-3-1-9-26-21(15)28-17;1-4(2,5)3-6/h5-8,14,18,22H,1-4,9-13H2,(H,26,28)(H,31,32);6H,3,5H2,1-2H3/t18-;/m0./s1. The first-order chi connectivity index (χ1) is 19.0. The van der Waals surface area contributed by atoms with Crippen molar-refractivity contribution in [1.29, 1.82) is 0 Å². The number of nitrogens with two attached hydrogens (primary N) is 1. The molecule has 4 rings (SSSR count). The summed E-state index contributed by atoms with van der Waals surface area (Å²) in [6, 6.07) is 5.84. The molecule has 11 nitrogen and oxygen atoms in total. The number of aliphatic hydroxyl groups excluding tert-OH is 1. The number of carboxylic acids is 1. The van der Waals surface area contributed by atoms with E-state index in [1.54, 1.807) is 18.7 Å². The number of aromatic nitrogens is 2. The molecule has 0 unspecified atom stereocenters. The smallest absolute Gasteiger partial charge is 0.388 e. The van der Waals surface area contributed by atoms with Crippen LogP contribution in [0.25, 0.3) is 0 Å². The van der Waals surface area contributed by atoms with E-state index in [4.69, 9.17) is 10.8 Å². The molecular weight excluding hydrogens is 526 g/mol. The van der Waals surface area contributed by atoms with E-state index in [-0.39, 0.29) is 24.9 Å². The number of halogens is 2. The summed E-state index contributed by atoms with van der Waals surface area (Å²) in [6.07, 6.45) is 4.55. The number of amides is 2. The third-order valence-corrected chi connectivity index (χ3v) is 6.45. The molecule has 40 heavy (non-hydrogen) atoms. The van der Waals surface area contributed by atoms with Gasteiger partial charge in [-0.25, -0.2) is 14.8 Å². The van der Waals surface area contributed by atoms with Gasteiger partial charge in [0.05, 0.1) is 19.1 Å². The Balaban J connectivity index is 0.000000663. The van der Waals surface area contributed by atoms with Crippen LogP contribution in [-0.4, -0.2) is 86.9 Å². The van der Waals surface area contributed by atoms with E-state index in [1.165, 1.54) is 28.8 Å². The summed E-state index contributed by atoms with van der Waals surface area (Å²) < 4.78 is 29.0. The zero-order valence-corrected chi connectivity index (χ0v) is 22.9. The minimum Gasteiger partial charge on any atom is -0.481 e. The number of carbonyl (C=O) groups excluding carboxylic acids is 1. The highest BCUT2D eigenvalue weighted by molar-refractivity contribution is 5.78. The normalized spacial score (nSPS) is 15.7. The van der Waals surface area contributed by atoms with Gasteiger partial charge in [0.2, 0.25) is 5.88 Å². The molecule has 0 radical (unpaired) electrons. The summed E-state index contributed by atoms with van der Waals surface area (Å²) in [7, 11) is 0. The number of nitrogens with one attached hydrogen (secondary N) is 1. The van der Waals surface area contributed by atoms with Gasteiger partial charge in [0, 0.05) is 49.7 Å². The number of carboxylic acid groups (broad SMARTS) is 1. The monoisotopic (exact) mass is 564 g/mol. The molecule has 2 aliphatic heterocycles. The number of carbonyl (C=O) groups is 2. The number of urea groups is 1. The fourth-order valence-corrected chi connectivity index (χ4v) is 4.38. The van der Waals surface area contributed by atoms with Gasteiger partial charge in [-0.05, 0) is 56.7 Å². The highest BCUT2D eigenvalue weighted by Gasteiger charge is 2.35. The van der Waals surface area contributed by atoms with Gasteiger partial charge in [0.25, 0.3) is 0 Å². The van der Waals surface area contributed by atoms with Gasteiger partial charge >= 0.3 is 18.6 Å². The molecule has 0 aliphatic carbocycles. The predicted molar refractivity (Wildman–Crippen MR) is 144 cm³/mol. The van der Waals surface area contributed by atoms with Crippen LogP contribution in [0.4, 0.5) is 19.4 Å². The van der Waals surface area contributed by atoms with E-state index in [0.29, 0.717) is 25.2 Å². The first-order valence-electron chi connectivity index (χ1n) is 13.3. The molecular formula is C27H38F2N6O5. The Morgan fingerprint density at radius 1 is 1.25 bits per heavy atom. The maximum atomic E-state index is 13.0. The van der Waals surface area contributed by atoms with Crippen LogP contribution in [0.2, 0.25) is 0 Å². The van der Waals surface area contributed by atoms with Gasteiger partial charge in [-0.1, -0.05) is 12.1 Å². The van der Waals surface area contributed by atoms with Gasteiger partial charge in [-0.3, -0.25) is 4.79 Å². The Labute approximate surface area is 232 Å². The lowest BCUT2D eigenvalue weighted by atomic mass is 10.0. The third kappa shape index (κ3) is 9.26. The Kier molecular flexibility index (Phi) is 11.0. The zero-order chi connectivity index (χ0) is 29.3. The van der Waals surface area contributed by atoms with Crippen LogP contribution in [0.15, 0.2) is 30.5 Å². The second-order valence-corrected chi connectivity index (χ2v) is 10.5. The molecule has 2 aromatic rings. The molecule has 1 fully saturated rings. The number of hydrogen-bond acceptors (Lipinski definition) is 8. The molecule has 220 valence electrons. The van der Waals surface area contributed by atoms with Crippen molar-refractivity contribution in [2.24, 2.45) is 5.73 Å². The molecule has 5 N–H and O–H groups in total. The number of aliphatic carboxylic acids is 1. The highest BCUT2D eigenvalue weighted by atomic mass is 19.3. The van der Waals surface area contributed by atoms with Crippen molar-refractivity contribution in [3.63, 3.8) is 0 Å². The molecule has 13 heteroatoms. The largest absolute Gasteiger partial charge is 0.481 e. The Hall–Kier alpha value is -3.58. The molecule has 0 aromatic carbocycles. The number of fused-ring (bicyclic) bond motifs is 1. The summed E-state index contributed by atoms with van der Waals surface area (Å²) >= 11 is 0. The number of rotatable bonds is 11. The lowest BCUT2D eigenvalue weighted by molar-refractivity contribution is -0.138. The average molecular weight is 565 g/mol. The number of aliphatic hydroxyl groups is 1. The van der Waals surface area contributed by atoms with Gasteiger partial charge < -0.3 is 35.8 Å². The lowest BCUT2D eigenvalue weighted by Crippen LogP contribution is -2.36. The van der Waals surface area contributed by atoms with Crippen molar-refractivity contribution >= 4 is 17.8 Å². The molecule has 0 bridgehead atoms. The van der Waals surface area contributed by atoms with E-state index >= 15 is 0 Å². The number of nitrogens with zero attached hydrogens (tertiary/aromatic N) is 4. The number of anilines is 1. The summed E-state index contributed by atoms with van der Waals surface area (Å²) in [5.41, 5.74) is 7.53. The summed E-state index contributed by atoms with van der Waals surface area (Å²) in [5.74, 6) is -0.397. The molecule has 1 saturated heterocycles. The second kappa shape index (κ2) is 14.2. The molecule has 2 amide bonds. The van der Waals surface area contributed by atoms with E-state index in [9.17, 15) is 23.5 Å². The summed E-state index contributed by atoms with van der Waals surface area (Å²) in [4.78, 5) is 36.2. The van der Waals surface area contributed by atoms with Crippen molar-refractivity contribution in [2.45, 2.75) is 64.1 Å². The summed E-state index contributed by atoms with van der Waals surface area (Å²) in [5, 5.41) is 21.0. The predicted octanol–water partition coefficient (Wildman–Crippen LogP) is 3.04. The lowest BCUT2D eigenvalue weighted by Gasteiger charge is -2.27. The van der Waals surface area contributed by atoms with Crippen LogP contribution >= 0.6 is 0 Å². The quantitative estimate of drug-likeness (QED) is 0.322. The molecule has 2 aromatic heterocycles. The van der Waals surface area contributed by atoms with Crippen LogP contribution in [0, 0.1) is 0 Å². The third-order valence-electron chi connectivity index (χ3n) is 6.45. The first kappa shape index (κ1) is 31.0. The van der Waals surface area contributed by atoms with Crippen molar-refractivity contribution in [2.75, 3.05) is 38.1 Å². The number of aryl methyl sites for hydroxylation is 2. The van der Waals surface area contributed by atoms with Gasteiger partial charge in [-0.15, -0.1) is 0 Å². The van der Waals surface area contributed by atoms with Crippen molar-refractivity contribution in [3.05, 3.63) is 47.3 Å². The van der Waals surface area contributed by atoms with Crippen LogP contribution in [0.5, 0.6) is 5.88 Å². The van der Waals surface area contributed by atoms with Crippen LogP contribution in [0.1, 0.15) is 56.0 Å². The maximum Gasteiger partial charge on any atom is 0.388 e. The fraction of sp³-hybridized carbons (Fsp3) is 0.556. The minimum absolute atomic E-state index is 0.0486. The molecule has 0 saturated carbocycles. The maximum absolute atomic E-state index is 13.0. The Morgan fingerprint density at radius 3 is 2.62 bits per heavy atom. The molecule has 4 heterocycles. The molecule has 0 spiro atoms. The van der Waals surface area contributed by atoms with Gasteiger partial charge in [-0.2, -0.15) is 8.78 Å². The van der Waals surface area contributed by atoms with Crippen molar-refractivity contribution in [3.8, 4) is 5.88 Å². The van der Waals surface area contributed by atoms with Crippen LogP contribution < -0.4 is 15.8 Å². The number of hydrogen-bond donors (Lipinski definition) is 4. The summed E-state index contributed by atoms with van der Waals surface area (Å²) in [6.45, 7) is 2.89. The average Bonchev–Trinajstić information content (AvgIpc) is 3.27. The fourth-order valence-electron chi connectivity index (χ4n) is 4.38. The van der Waals surface area contributed by atoms with Crippen LogP contribution in [0.3, 0.4) is 0 Å². The SMILES string of the molecule is CC(C)(N)CO.O=C(O)C[C@@H](c1ccc(OC(F)F)nc1)N1CCN(CCCc2ccc3c(n2)NCCC3)C1=O. The minimum atomic E-state index is -3.00. The van der Waals surface area contributed by atoms with E-state index in [1.807, 2.05) is 6.07 Å². The topological polar surface area (TPSA) is 154 Å². The number of pyridine rings is 2. The van der Waals surface area contributed by atoms with Gasteiger partial charge in [0.1, 0.15) is 5.82 Å². The number of alkyl halides is 2. The Morgan fingerprint density at radius 2 is 2.00 bits per heavy atom. The van der Waals surface area contributed by atoms with Gasteiger partial charge in [0.15, 0.2) is 0 Å². The van der Waals surface area contributed by atoms with Crippen molar-refractivity contribution in [1.82, 2.24) is 19.8 Å². The van der Waals surface area contributed by atoms with Crippen LogP contribution in [-0.2, 0) is 17.6 Å². The first-order valence-corrected chi connectivity index (χ1v) is 13.3.